The van der Waals surface area contributed by atoms with Crippen LogP contribution in [0.4, 0.5) is 5.69 Å². The Morgan fingerprint density at radius 1 is 1.00 bits per heavy atom. The van der Waals surface area contributed by atoms with Gasteiger partial charge >= 0.3 is 0 Å². The Hall–Kier alpha value is -1.74. The zero-order valence-corrected chi connectivity index (χ0v) is 14.0. The van der Waals surface area contributed by atoms with Gasteiger partial charge in [0.25, 0.3) is 0 Å². The van der Waals surface area contributed by atoms with E-state index in [0.717, 1.165) is 5.69 Å². The van der Waals surface area contributed by atoms with Crippen molar-refractivity contribution in [1.82, 2.24) is 0 Å². The molecule has 2 nitrogen and oxygen atoms in total. The average Bonchev–Trinajstić information content (AvgIpc) is 2.84. The second-order valence-electron chi connectivity index (χ2n) is 6.00. The fraction of sp³-hybridized carbons (Fsp3) is 0.316. The molecule has 3 rings (SSSR count). The van der Waals surface area contributed by atoms with Gasteiger partial charge in [-0.05, 0) is 36.1 Å². The van der Waals surface area contributed by atoms with Crippen LogP contribution in [0.25, 0.3) is 0 Å². The monoisotopic (exact) mass is 311 g/mol. The van der Waals surface area contributed by atoms with Gasteiger partial charge < -0.3 is 0 Å². The summed E-state index contributed by atoms with van der Waals surface area (Å²) in [7, 11) is 0. The van der Waals surface area contributed by atoms with Gasteiger partial charge in [0.15, 0.2) is 0 Å². The third-order valence-corrected chi connectivity index (χ3v) is 5.43. The van der Waals surface area contributed by atoms with Gasteiger partial charge in [-0.3, -0.25) is 9.69 Å². The molecule has 1 amide bonds. The molecule has 0 bridgehead atoms. The van der Waals surface area contributed by atoms with Crippen molar-refractivity contribution >= 4 is 23.4 Å². The first-order valence-electron chi connectivity index (χ1n) is 7.71. The Morgan fingerprint density at radius 2 is 1.64 bits per heavy atom. The summed E-state index contributed by atoms with van der Waals surface area (Å²) in [5.41, 5.74) is 3.46. The summed E-state index contributed by atoms with van der Waals surface area (Å²) < 4.78 is 0. The van der Waals surface area contributed by atoms with Crippen LogP contribution in [0.5, 0.6) is 0 Å². The van der Waals surface area contributed by atoms with Gasteiger partial charge in [-0.1, -0.05) is 56.3 Å². The second-order valence-corrected chi connectivity index (χ2v) is 7.42. The molecule has 114 valence electrons. The fourth-order valence-corrected chi connectivity index (χ4v) is 4.03. The minimum absolute atomic E-state index is 0.00465. The summed E-state index contributed by atoms with van der Waals surface area (Å²) in [6, 6.07) is 18.7. The normalized spacial score (nSPS) is 21.6. The molecule has 2 aromatic rings. The SMILES string of the molecule is CC1SC(c2ccccc2)N(c2ccc(C(C)C)cc2)C1=O. The van der Waals surface area contributed by atoms with E-state index in [2.05, 4.69) is 50.2 Å². The zero-order chi connectivity index (χ0) is 15.7. The Bertz CT molecular complexity index is 651. The van der Waals surface area contributed by atoms with Gasteiger partial charge in [0.2, 0.25) is 5.91 Å². The molecule has 2 unspecified atom stereocenters. The van der Waals surface area contributed by atoms with Crippen molar-refractivity contribution in [3.63, 3.8) is 0 Å². The molecule has 0 aliphatic carbocycles. The molecule has 0 aromatic heterocycles. The highest BCUT2D eigenvalue weighted by atomic mass is 32.2. The molecule has 2 aromatic carbocycles. The molecule has 1 heterocycles. The van der Waals surface area contributed by atoms with Crippen molar-refractivity contribution in [3.8, 4) is 0 Å². The first-order valence-corrected chi connectivity index (χ1v) is 8.65. The predicted molar refractivity (Wildman–Crippen MR) is 94.3 cm³/mol. The molecule has 22 heavy (non-hydrogen) atoms. The number of carbonyl (C=O) groups is 1. The maximum atomic E-state index is 12.6. The molecule has 1 saturated heterocycles. The topological polar surface area (TPSA) is 20.3 Å². The number of amides is 1. The molecular formula is C19H21NOS. The number of benzene rings is 2. The predicted octanol–water partition coefficient (Wildman–Crippen LogP) is 4.98. The molecule has 3 heteroatoms. The highest BCUT2D eigenvalue weighted by Gasteiger charge is 2.39. The van der Waals surface area contributed by atoms with Crippen LogP contribution >= 0.6 is 11.8 Å². The molecule has 1 aliphatic heterocycles. The first-order chi connectivity index (χ1) is 10.6. The van der Waals surface area contributed by atoms with Crippen molar-refractivity contribution < 1.29 is 4.79 Å². The minimum atomic E-state index is -0.00465. The summed E-state index contributed by atoms with van der Waals surface area (Å²) in [5.74, 6) is 0.692. The molecule has 0 radical (unpaired) electrons. The molecule has 2 atom stereocenters. The lowest BCUT2D eigenvalue weighted by Gasteiger charge is -2.24. The van der Waals surface area contributed by atoms with Crippen molar-refractivity contribution in [3.05, 3.63) is 65.7 Å². The summed E-state index contributed by atoms with van der Waals surface area (Å²) in [6.45, 7) is 6.35. The van der Waals surface area contributed by atoms with Crippen molar-refractivity contribution in [2.45, 2.75) is 37.3 Å². The van der Waals surface area contributed by atoms with Gasteiger partial charge in [0.05, 0.1) is 5.25 Å². The lowest BCUT2D eigenvalue weighted by molar-refractivity contribution is -0.117. The maximum absolute atomic E-state index is 12.6. The summed E-state index contributed by atoms with van der Waals surface area (Å²) in [5, 5.41) is 0.0589. The van der Waals surface area contributed by atoms with E-state index >= 15 is 0 Å². The number of thioether (sulfide) groups is 1. The highest BCUT2D eigenvalue weighted by Crippen LogP contribution is 2.45. The van der Waals surface area contributed by atoms with Crippen LogP contribution < -0.4 is 4.90 Å². The van der Waals surface area contributed by atoms with E-state index < -0.39 is 0 Å². The molecule has 1 fully saturated rings. The standard InChI is InChI=1S/C19H21NOS/c1-13(2)15-9-11-17(12-10-15)20-18(21)14(3)22-19(20)16-7-5-4-6-8-16/h4-14,19H,1-3H3. The van der Waals surface area contributed by atoms with E-state index in [1.165, 1.54) is 11.1 Å². The van der Waals surface area contributed by atoms with E-state index in [9.17, 15) is 4.79 Å². The fourth-order valence-electron chi connectivity index (χ4n) is 2.75. The average molecular weight is 311 g/mol. The third-order valence-electron chi connectivity index (χ3n) is 4.08. The Balaban J connectivity index is 1.96. The number of nitrogens with zero attached hydrogens (tertiary/aromatic N) is 1. The van der Waals surface area contributed by atoms with E-state index in [-0.39, 0.29) is 16.5 Å². The van der Waals surface area contributed by atoms with Crippen LogP contribution in [-0.4, -0.2) is 11.2 Å². The van der Waals surface area contributed by atoms with Crippen molar-refractivity contribution in [2.24, 2.45) is 0 Å². The third kappa shape index (κ3) is 2.78. The van der Waals surface area contributed by atoms with Crippen molar-refractivity contribution in [2.75, 3.05) is 4.90 Å². The molecule has 0 spiro atoms. The second kappa shape index (κ2) is 6.17. The van der Waals surface area contributed by atoms with Gasteiger partial charge in [0, 0.05) is 5.69 Å². The lowest BCUT2D eigenvalue weighted by atomic mass is 10.0. The Labute approximate surface area is 136 Å². The van der Waals surface area contributed by atoms with Gasteiger partial charge in [0.1, 0.15) is 5.37 Å². The van der Waals surface area contributed by atoms with E-state index in [1.54, 1.807) is 11.8 Å². The number of carbonyl (C=O) groups excluding carboxylic acids is 1. The highest BCUT2D eigenvalue weighted by molar-refractivity contribution is 8.01. The smallest absolute Gasteiger partial charge is 0.241 e. The summed E-state index contributed by atoms with van der Waals surface area (Å²) in [4.78, 5) is 14.6. The number of rotatable bonds is 3. The maximum Gasteiger partial charge on any atom is 0.241 e. The minimum Gasteiger partial charge on any atom is -0.295 e. The van der Waals surface area contributed by atoms with Gasteiger partial charge in [-0.25, -0.2) is 0 Å². The number of hydrogen-bond acceptors (Lipinski definition) is 2. The van der Waals surface area contributed by atoms with Gasteiger partial charge in [-0.15, -0.1) is 11.8 Å². The molecular weight excluding hydrogens is 290 g/mol. The largest absolute Gasteiger partial charge is 0.295 e. The van der Waals surface area contributed by atoms with Crippen LogP contribution in [0.1, 0.15) is 43.2 Å². The zero-order valence-electron chi connectivity index (χ0n) is 13.2. The molecule has 0 N–H and O–H groups in total. The lowest BCUT2D eigenvalue weighted by Crippen LogP contribution is -2.30. The van der Waals surface area contributed by atoms with Crippen LogP contribution in [0.3, 0.4) is 0 Å². The number of anilines is 1. The molecule has 0 saturated carbocycles. The quantitative estimate of drug-likeness (QED) is 0.797. The van der Waals surface area contributed by atoms with E-state index in [1.807, 2.05) is 30.0 Å². The van der Waals surface area contributed by atoms with Crippen LogP contribution in [0.2, 0.25) is 0 Å². The van der Waals surface area contributed by atoms with Crippen molar-refractivity contribution in [1.29, 1.82) is 0 Å². The van der Waals surface area contributed by atoms with Crippen LogP contribution in [0.15, 0.2) is 54.6 Å². The van der Waals surface area contributed by atoms with Gasteiger partial charge in [-0.2, -0.15) is 0 Å². The Kier molecular flexibility index (Phi) is 4.25. The first kappa shape index (κ1) is 15.2. The van der Waals surface area contributed by atoms with Crippen LogP contribution in [0, 0.1) is 0 Å². The summed E-state index contributed by atoms with van der Waals surface area (Å²) in [6.07, 6.45) is 0. The van der Waals surface area contributed by atoms with E-state index in [4.69, 9.17) is 0 Å². The number of hydrogen-bond donors (Lipinski definition) is 0. The van der Waals surface area contributed by atoms with Crippen LogP contribution in [-0.2, 0) is 4.79 Å². The molecule has 1 aliphatic rings. The van der Waals surface area contributed by atoms with E-state index in [0.29, 0.717) is 5.92 Å². The Morgan fingerprint density at radius 3 is 2.23 bits per heavy atom. The summed E-state index contributed by atoms with van der Waals surface area (Å²) >= 11 is 1.72.